The molecule has 33 heavy (non-hydrogen) atoms. The van der Waals surface area contributed by atoms with E-state index in [1.165, 1.54) is 0 Å². The number of carbonyl (C=O) groups is 2. The summed E-state index contributed by atoms with van der Waals surface area (Å²) in [6, 6.07) is 5.28. The van der Waals surface area contributed by atoms with Crippen LogP contribution in [-0.4, -0.2) is 48.7 Å². The maximum absolute atomic E-state index is 15.5. The summed E-state index contributed by atoms with van der Waals surface area (Å²) in [7, 11) is 0. The van der Waals surface area contributed by atoms with E-state index in [4.69, 9.17) is 5.11 Å². The summed E-state index contributed by atoms with van der Waals surface area (Å²) in [6.07, 6.45) is 2.83. The number of aliphatic carboxylic acids is 1. The lowest BCUT2D eigenvalue weighted by Crippen LogP contribution is -2.15. The summed E-state index contributed by atoms with van der Waals surface area (Å²) < 4.78 is 30.2. The molecule has 5 rings (SSSR count). The van der Waals surface area contributed by atoms with E-state index < -0.39 is 29.8 Å². The van der Waals surface area contributed by atoms with E-state index in [1.54, 1.807) is 29.0 Å². The summed E-state index contributed by atoms with van der Waals surface area (Å²) in [4.78, 5) is 23.3. The van der Waals surface area contributed by atoms with Crippen LogP contribution in [0.5, 0.6) is 0 Å². The minimum Gasteiger partial charge on any atom is -0.481 e. The third kappa shape index (κ3) is 3.82. The van der Waals surface area contributed by atoms with Crippen LogP contribution in [0.2, 0.25) is 0 Å². The number of alkyl halides is 1. The van der Waals surface area contributed by atoms with E-state index in [1.807, 2.05) is 13.0 Å². The fourth-order valence-electron chi connectivity index (χ4n) is 3.96. The molecular weight excluding hydrogens is 452 g/mol. The molecule has 0 aliphatic heterocycles. The van der Waals surface area contributed by atoms with Gasteiger partial charge in [0.1, 0.15) is 12.0 Å². The summed E-state index contributed by atoms with van der Waals surface area (Å²) in [5.41, 5.74) is 2.95. The molecule has 2 atom stereocenters. The molecule has 0 bridgehead atoms. The lowest BCUT2D eigenvalue weighted by Gasteiger charge is -2.15. The number of halogens is 2. The minimum atomic E-state index is -1.09. The van der Waals surface area contributed by atoms with Crippen LogP contribution in [0.4, 0.5) is 14.6 Å². The zero-order valence-corrected chi connectivity index (χ0v) is 18.2. The second-order valence-corrected chi connectivity index (χ2v) is 8.84. The van der Waals surface area contributed by atoms with Crippen LogP contribution in [0.15, 0.2) is 35.5 Å². The summed E-state index contributed by atoms with van der Waals surface area (Å²) in [5, 5.41) is 23.5. The highest BCUT2D eigenvalue weighted by Gasteiger charge is 2.43. The van der Waals surface area contributed by atoms with Gasteiger partial charge in [0.2, 0.25) is 5.91 Å². The molecule has 3 heterocycles. The third-order valence-electron chi connectivity index (χ3n) is 5.65. The van der Waals surface area contributed by atoms with Crippen molar-refractivity contribution in [1.29, 1.82) is 0 Å². The molecule has 1 fully saturated rings. The van der Waals surface area contributed by atoms with Crippen molar-refractivity contribution in [2.75, 3.05) is 11.1 Å². The highest BCUT2D eigenvalue weighted by molar-refractivity contribution is 8.00. The number of thioether (sulfide) groups is 1. The van der Waals surface area contributed by atoms with Crippen molar-refractivity contribution in [3.05, 3.63) is 42.0 Å². The predicted molar refractivity (Wildman–Crippen MR) is 120 cm³/mol. The number of nitrogens with zero attached hydrogens (tertiary/aromatic N) is 3. The zero-order chi connectivity index (χ0) is 23.3. The lowest BCUT2D eigenvalue weighted by molar-refractivity contribution is -0.133. The molecule has 1 aromatic carbocycles. The fraction of sp³-hybridized carbons (Fsp3) is 0.273. The molecule has 0 unspecified atom stereocenters. The Morgan fingerprint density at radius 1 is 1.39 bits per heavy atom. The first kappa shape index (κ1) is 21.4. The molecule has 1 saturated carbocycles. The molecule has 0 radical (unpaired) electrons. The summed E-state index contributed by atoms with van der Waals surface area (Å²) in [5.74, 6) is -2.47. The number of amides is 1. The van der Waals surface area contributed by atoms with Gasteiger partial charge in [-0.2, -0.15) is 10.2 Å². The van der Waals surface area contributed by atoms with Crippen molar-refractivity contribution in [3.63, 3.8) is 0 Å². The van der Waals surface area contributed by atoms with Crippen molar-refractivity contribution in [2.24, 2.45) is 5.92 Å². The van der Waals surface area contributed by atoms with Crippen LogP contribution in [0.25, 0.3) is 27.5 Å². The van der Waals surface area contributed by atoms with Gasteiger partial charge in [0.15, 0.2) is 5.82 Å². The molecule has 4 aromatic rings. The molecule has 3 N–H and O–H groups in total. The van der Waals surface area contributed by atoms with Crippen molar-refractivity contribution in [1.82, 2.24) is 19.8 Å². The number of fused-ring (bicyclic) bond motifs is 2. The maximum Gasteiger partial charge on any atom is 0.313 e. The molecule has 170 valence electrons. The van der Waals surface area contributed by atoms with Crippen molar-refractivity contribution >= 4 is 45.9 Å². The number of aromatic nitrogens is 4. The Hall–Kier alpha value is -3.47. The number of rotatable bonds is 7. The Balaban J connectivity index is 1.57. The predicted octanol–water partition coefficient (Wildman–Crippen LogP) is 4.05. The van der Waals surface area contributed by atoms with E-state index in [9.17, 15) is 14.0 Å². The molecule has 11 heteroatoms. The number of H-pyrrole nitrogens is 1. The largest absolute Gasteiger partial charge is 0.481 e. The number of benzene rings is 1. The number of carboxylic acids is 1. The second kappa shape index (κ2) is 8.14. The SMILES string of the molecule is CCc1c(F)c(SCC(=O)O)c2[nH]ncc2c1-c1ccn2nc(NC(=O)[C@@H]3C[C@@H]3F)cc2c1. The molecule has 0 saturated heterocycles. The molecule has 0 spiro atoms. The van der Waals surface area contributed by atoms with Crippen LogP contribution in [0, 0.1) is 11.7 Å². The Bertz CT molecular complexity index is 1420. The van der Waals surface area contributed by atoms with E-state index in [-0.39, 0.29) is 17.1 Å². The Kier molecular flexibility index (Phi) is 5.28. The van der Waals surface area contributed by atoms with Crippen molar-refractivity contribution < 1.29 is 23.5 Å². The van der Waals surface area contributed by atoms with Crippen LogP contribution < -0.4 is 5.32 Å². The van der Waals surface area contributed by atoms with Gasteiger partial charge in [0.25, 0.3) is 0 Å². The van der Waals surface area contributed by atoms with E-state index in [0.29, 0.717) is 39.8 Å². The van der Waals surface area contributed by atoms with E-state index in [0.717, 1.165) is 17.3 Å². The Morgan fingerprint density at radius 2 is 2.18 bits per heavy atom. The molecule has 1 amide bonds. The number of anilines is 1. The van der Waals surface area contributed by atoms with Crippen LogP contribution >= 0.6 is 11.8 Å². The second-order valence-electron chi connectivity index (χ2n) is 7.85. The van der Waals surface area contributed by atoms with Crippen LogP contribution in [0.3, 0.4) is 0 Å². The van der Waals surface area contributed by atoms with Gasteiger partial charge in [-0.25, -0.2) is 13.3 Å². The number of nitrogens with one attached hydrogen (secondary N) is 2. The number of carbonyl (C=O) groups excluding carboxylic acids is 1. The highest BCUT2D eigenvalue weighted by Crippen LogP contribution is 2.40. The molecule has 3 aromatic heterocycles. The Morgan fingerprint density at radius 3 is 2.88 bits per heavy atom. The number of carboxylic acid groups (broad SMARTS) is 1. The average molecular weight is 471 g/mol. The lowest BCUT2D eigenvalue weighted by atomic mass is 9.94. The van der Waals surface area contributed by atoms with Crippen LogP contribution in [-0.2, 0) is 16.0 Å². The number of pyridine rings is 1. The van der Waals surface area contributed by atoms with Gasteiger partial charge in [0, 0.05) is 17.6 Å². The summed E-state index contributed by atoms with van der Waals surface area (Å²) >= 11 is 0.915. The first-order chi connectivity index (χ1) is 15.9. The first-order valence-electron chi connectivity index (χ1n) is 10.3. The van der Waals surface area contributed by atoms with Gasteiger partial charge in [-0.15, -0.1) is 11.8 Å². The van der Waals surface area contributed by atoms with Gasteiger partial charge in [-0.1, -0.05) is 6.92 Å². The summed E-state index contributed by atoms with van der Waals surface area (Å²) in [6.45, 7) is 1.83. The highest BCUT2D eigenvalue weighted by atomic mass is 32.2. The minimum absolute atomic E-state index is 0.229. The molecule has 8 nitrogen and oxygen atoms in total. The van der Waals surface area contributed by atoms with Gasteiger partial charge in [-0.05, 0) is 41.7 Å². The molecular formula is C22H19F2N5O3S. The number of hydrogen-bond donors (Lipinski definition) is 3. The fourth-order valence-corrected chi connectivity index (χ4v) is 4.78. The normalized spacial score (nSPS) is 17.5. The maximum atomic E-state index is 15.5. The van der Waals surface area contributed by atoms with Crippen LogP contribution in [0.1, 0.15) is 18.9 Å². The zero-order valence-electron chi connectivity index (χ0n) is 17.4. The van der Waals surface area contributed by atoms with Gasteiger partial charge < -0.3 is 10.4 Å². The van der Waals surface area contributed by atoms with E-state index in [2.05, 4.69) is 20.6 Å². The van der Waals surface area contributed by atoms with Crippen molar-refractivity contribution in [3.8, 4) is 11.1 Å². The quantitative estimate of drug-likeness (QED) is 0.351. The van der Waals surface area contributed by atoms with Gasteiger partial charge in [-0.3, -0.25) is 14.7 Å². The smallest absolute Gasteiger partial charge is 0.313 e. The Labute approximate surface area is 190 Å². The van der Waals surface area contributed by atoms with Crippen molar-refractivity contribution in [2.45, 2.75) is 30.8 Å². The first-order valence-corrected chi connectivity index (χ1v) is 11.3. The molecule has 1 aliphatic carbocycles. The number of aromatic amines is 1. The monoisotopic (exact) mass is 471 g/mol. The molecule has 1 aliphatic rings. The number of hydrogen-bond acceptors (Lipinski definition) is 5. The third-order valence-corrected chi connectivity index (χ3v) is 6.71. The average Bonchev–Trinajstić information content (AvgIpc) is 3.16. The standard InChI is InChI=1S/C22H19F2N5O3S/c1-2-12-18(14-8-25-27-20(14)21(19(12)24)33-9-17(30)31)10-3-4-29-11(5-10)6-16(28-29)26-22(32)13-7-15(13)23/h3-6,8,13,15H,2,7,9H2,1H3,(H,25,27)(H,30,31)(H,26,28,32)/t13-,15+/m1/s1. The topological polar surface area (TPSA) is 112 Å². The van der Waals surface area contributed by atoms with Gasteiger partial charge in [0.05, 0.1) is 33.8 Å². The van der Waals surface area contributed by atoms with E-state index >= 15 is 4.39 Å². The van der Waals surface area contributed by atoms with Gasteiger partial charge >= 0.3 is 5.97 Å².